The van der Waals surface area contributed by atoms with Crippen LogP contribution >= 0.6 is 0 Å². The molecule has 2 heteroatoms. The molecule has 4 aromatic carbocycles. The lowest BCUT2D eigenvalue weighted by Gasteiger charge is -2.48. The molecule has 0 bridgehead atoms. The van der Waals surface area contributed by atoms with Crippen molar-refractivity contribution < 1.29 is 0 Å². The van der Waals surface area contributed by atoms with E-state index < -0.39 is 0 Å². The highest BCUT2D eigenvalue weighted by atomic mass is 15.3. The topological polar surface area (TPSA) is 6.48 Å². The largest absolute Gasteiger partial charge is 0.306 e. The van der Waals surface area contributed by atoms with E-state index in [1.165, 1.54) is 45.3 Å². The molecule has 0 aromatic heterocycles. The smallest absolute Gasteiger partial charge is 0.0744 e. The Bertz CT molecular complexity index is 1240. The molecule has 0 atom stereocenters. The Morgan fingerprint density at radius 3 is 1.71 bits per heavy atom. The normalized spacial score (nSPS) is 14.6. The zero-order valence-corrected chi connectivity index (χ0v) is 18.6. The maximum atomic E-state index is 2.46. The van der Waals surface area contributed by atoms with E-state index in [1.807, 2.05) is 13.8 Å². The van der Waals surface area contributed by atoms with Crippen LogP contribution in [-0.4, -0.2) is 0 Å². The third-order valence-electron chi connectivity index (χ3n) is 6.35. The minimum absolute atomic E-state index is 0.0624. The molecule has 2 aliphatic heterocycles. The van der Waals surface area contributed by atoms with Crippen molar-refractivity contribution in [2.75, 3.05) is 9.80 Å². The van der Waals surface area contributed by atoms with Gasteiger partial charge in [0.1, 0.15) is 0 Å². The number of para-hydroxylation sites is 5. The van der Waals surface area contributed by atoms with Crippen molar-refractivity contribution in [1.29, 1.82) is 0 Å². The second kappa shape index (κ2) is 7.31. The zero-order chi connectivity index (χ0) is 21.6. The van der Waals surface area contributed by atoms with Crippen LogP contribution in [0.25, 0.3) is 0 Å². The highest BCUT2D eigenvalue weighted by molar-refractivity contribution is 6.04. The van der Waals surface area contributed by atoms with E-state index in [2.05, 4.69) is 121 Å². The summed E-state index contributed by atoms with van der Waals surface area (Å²) in [5.74, 6) is 0. The molecule has 2 heterocycles. The maximum Gasteiger partial charge on any atom is 0.0744 e. The number of benzene rings is 4. The van der Waals surface area contributed by atoms with E-state index in [0.717, 1.165) is 0 Å². The van der Waals surface area contributed by atoms with Gasteiger partial charge in [-0.2, -0.15) is 0 Å². The fraction of sp³-hybridized carbons (Fsp3) is 0.172. The van der Waals surface area contributed by atoms with Crippen LogP contribution < -0.4 is 9.80 Å². The van der Waals surface area contributed by atoms with Crippen molar-refractivity contribution in [3.63, 3.8) is 0 Å². The number of hydrogen-bond donors (Lipinski definition) is 0. The molecule has 0 N–H and O–H groups in total. The summed E-state index contributed by atoms with van der Waals surface area (Å²) in [5, 5.41) is 0. The van der Waals surface area contributed by atoms with Crippen molar-refractivity contribution in [1.82, 2.24) is 0 Å². The first kappa shape index (κ1) is 19.4. The SMILES string of the molecule is CC.CC1(C)c2ccccc2N2c3ccccc3N(c3ccccc3)c3cccc1c32. The molecular formula is C29H28N2. The lowest BCUT2D eigenvalue weighted by molar-refractivity contribution is 0.631. The quantitative estimate of drug-likeness (QED) is 0.276. The Labute approximate surface area is 185 Å². The van der Waals surface area contributed by atoms with Gasteiger partial charge in [-0.3, -0.25) is 0 Å². The second-order valence-corrected chi connectivity index (χ2v) is 8.31. The summed E-state index contributed by atoms with van der Waals surface area (Å²) in [6.45, 7) is 8.68. The van der Waals surface area contributed by atoms with Gasteiger partial charge in [-0.25, -0.2) is 0 Å². The van der Waals surface area contributed by atoms with Crippen LogP contribution in [0.2, 0.25) is 0 Å². The lowest BCUT2D eigenvalue weighted by atomic mass is 9.72. The summed E-state index contributed by atoms with van der Waals surface area (Å²) >= 11 is 0. The highest BCUT2D eigenvalue weighted by Crippen LogP contribution is 2.61. The monoisotopic (exact) mass is 404 g/mol. The fourth-order valence-electron chi connectivity index (χ4n) is 4.99. The van der Waals surface area contributed by atoms with Crippen LogP contribution in [0.15, 0.2) is 97.1 Å². The first-order valence-electron chi connectivity index (χ1n) is 11.2. The molecule has 2 nitrogen and oxygen atoms in total. The average molecular weight is 405 g/mol. The van der Waals surface area contributed by atoms with Gasteiger partial charge in [-0.15, -0.1) is 0 Å². The number of nitrogens with zero attached hydrogens (tertiary/aromatic N) is 2. The number of fused-ring (bicyclic) bond motifs is 4. The van der Waals surface area contributed by atoms with Crippen LogP contribution in [0.3, 0.4) is 0 Å². The van der Waals surface area contributed by atoms with Crippen molar-refractivity contribution >= 4 is 34.1 Å². The molecule has 0 aliphatic carbocycles. The van der Waals surface area contributed by atoms with Crippen LogP contribution in [0.1, 0.15) is 38.8 Å². The number of hydrogen-bond acceptors (Lipinski definition) is 2. The Kier molecular flexibility index (Phi) is 4.59. The minimum atomic E-state index is -0.0624. The Morgan fingerprint density at radius 1 is 0.484 bits per heavy atom. The summed E-state index contributed by atoms with van der Waals surface area (Å²) in [6, 6.07) is 35.0. The lowest BCUT2D eigenvalue weighted by Crippen LogP contribution is -2.34. The minimum Gasteiger partial charge on any atom is -0.306 e. The van der Waals surface area contributed by atoms with Gasteiger partial charge in [0.25, 0.3) is 0 Å². The molecular weight excluding hydrogens is 376 g/mol. The molecule has 0 fully saturated rings. The molecule has 154 valence electrons. The van der Waals surface area contributed by atoms with E-state index in [1.54, 1.807) is 0 Å². The summed E-state index contributed by atoms with van der Waals surface area (Å²) < 4.78 is 0. The Balaban J connectivity index is 0.000000994. The third kappa shape index (κ3) is 2.71. The first-order chi connectivity index (χ1) is 15.2. The predicted octanol–water partition coefficient (Wildman–Crippen LogP) is 8.61. The average Bonchev–Trinajstić information content (AvgIpc) is 2.83. The second-order valence-electron chi connectivity index (χ2n) is 8.31. The van der Waals surface area contributed by atoms with Gasteiger partial charge in [0.2, 0.25) is 0 Å². The van der Waals surface area contributed by atoms with Crippen molar-refractivity contribution in [2.24, 2.45) is 0 Å². The van der Waals surface area contributed by atoms with E-state index >= 15 is 0 Å². The number of anilines is 6. The maximum absolute atomic E-state index is 2.46. The van der Waals surface area contributed by atoms with Gasteiger partial charge in [0.15, 0.2) is 0 Å². The summed E-state index contributed by atoms with van der Waals surface area (Å²) in [7, 11) is 0. The third-order valence-corrected chi connectivity index (χ3v) is 6.35. The molecule has 0 spiro atoms. The van der Waals surface area contributed by atoms with Gasteiger partial charge in [-0.05, 0) is 47.5 Å². The van der Waals surface area contributed by atoms with Gasteiger partial charge in [-0.1, -0.05) is 88.4 Å². The zero-order valence-electron chi connectivity index (χ0n) is 18.6. The van der Waals surface area contributed by atoms with Crippen LogP contribution in [0.5, 0.6) is 0 Å². The molecule has 0 radical (unpaired) electrons. The molecule has 0 saturated carbocycles. The van der Waals surface area contributed by atoms with E-state index in [9.17, 15) is 0 Å². The van der Waals surface area contributed by atoms with E-state index in [-0.39, 0.29) is 5.41 Å². The van der Waals surface area contributed by atoms with Crippen molar-refractivity contribution in [3.8, 4) is 0 Å². The van der Waals surface area contributed by atoms with Gasteiger partial charge >= 0.3 is 0 Å². The Morgan fingerprint density at radius 2 is 1.00 bits per heavy atom. The van der Waals surface area contributed by atoms with Gasteiger partial charge in [0, 0.05) is 11.1 Å². The van der Waals surface area contributed by atoms with E-state index in [4.69, 9.17) is 0 Å². The molecule has 0 amide bonds. The van der Waals surface area contributed by atoms with Gasteiger partial charge < -0.3 is 9.80 Å². The highest BCUT2D eigenvalue weighted by Gasteiger charge is 2.42. The molecule has 0 saturated heterocycles. The summed E-state index contributed by atoms with van der Waals surface area (Å²) in [4.78, 5) is 4.86. The molecule has 2 aliphatic rings. The van der Waals surface area contributed by atoms with E-state index in [0.29, 0.717) is 0 Å². The Hall–Kier alpha value is -3.52. The predicted molar refractivity (Wildman–Crippen MR) is 133 cm³/mol. The van der Waals surface area contributed by atoms with Crippen LogP contribution in [-0.2, 0) is 5.41 Å². The van der Waals surface area contributed by atoms with Gasteiger partial charge in [0.05, 0.1) is 28.4 Å². The fourth-order valence-corrected chi connectivity index (χ4v) is 4.99. The molecule has 0 unspecified atom stereocenters. The first-order valence-corrected chi connectivity index (χ1v) is 11.2. The molecule has 31 heavy (non-hydrogen) atoms. The van der Waals surface area contributed by atoms with Crippen molar-refractivity contribution in [2.45, 2.75) is 33.1 Å². The number of rotatable bonds is 1. The molecule has 6 rings (SSSR count). The molecule has 4 aromatic rings. The summed E-state index contributed by atoms with van der Waals surface area (Å²) in [6.07, 6.45) is 0. The van der Waals surface area contributed by atoms with Crippen LogP contribution in [0, 0.1) is 0 Å². The van der Waals surface area contributed by atoms with Crippen molar-refractivity contribution in [3.05, 3.63) is 108 Å². The standard InChI is InChI=1S/C27H22N2.C2H6/c1-27(2)20-13-6-7-15-22(20)29-24-17-9-8-16-23(24)28(19-11-4-3-5-12-19)25-18-10-14-21(27)26(25)29;1-2/h3-18H,1-2H3;1-2H3. The van der Waals surface area contributed by atoms with Crippen LogP contribution in [0.4, 0.5) is 34.1 Å². The summed E-state index contributed by atoms with van der Waals surface area (Å²) in [5.41, 5.74) is 10.1.